The second-order valence-electron chi connectivity index (χ2n) is 6.66. The fourth-order valence-electron chi connectivity index (χ4n) is 3.67. The summed E-state index contributed by atoms with van der Waals surface area (Å²) in [5.74, 6) is -0.424. The summed E-state index contributed by atoms with van der Waals surface area (Å²) in [6.07, 6.45) is 6.13. The zero-order valence-corrected chi connectivity index (χ0v) is 14.2. The number of esters is 1. The van der Waals surface area contributed by atoms with Crippen LogP contribution in [0.2, 0.25) is 0 Å². The van der Waals surface area contributed by atoms with Gasteiger partial charge in [0, 0.05) is 32.0 Å². The van der Waals surface area contributed by atoms with Crippen molar-refractivity contribution in [1.29, 1.82) is 0 Å². The number of piperidine rings is 1. The molecule has 0 aromatic heterocycles. The number of rotatable bonds is 3. The lowest BCUT2D eigenvalue weighted by Crippen LogP contribution is -2.48. The predicted octanol–water partition coefficient (Wildman–Crippen LogP) is 1.48. The molecule has 2 unspecified atom stereocenters. The van der Waals surface area contributed by atoms with Crippen molar-refractivity contribution >= 4 is 17.8 Å². The van der Waals surface area contributed by atoms with E-state index >= 15 is 0 Å². The molecule has 6 heteroatoms. The number of ether oxygens (including phenoxy) is 1. The Morgan fingerprint density at radius 3 is 2.26 bits per heavy atom. The third-order valence-corrected chi connectivity index (χ3v) is 5.16. The molecule has 1 aliphatic heterocycles. The van der Waals surface area contributed by atoms with Crippen LogP contribution in [0.1, 0.15) is 51.9 Å². The Hall–Kier alpha value is -1.59. The van der Waals surface area contributed by atoms with E-state index in [0.29, 0.717) is 25.9 Å². The number of carbonyl (C=O) groups excluding carboxylic acids is 3. The molecule has 1 N–H and O–H groups in total. The SMILES string of the molecule is COC(=O)C1CCCCCC1NC(=O)C1CCN(C(C)=O)CC1. The maximum atomic E-state index is 12.5. The van der Waals surface area contributed by atoms with Gasteiger partial charge in [0.25, 0.3) is 0 Å². The van der Waals surface area contributed by atoms with Crippen LogP contribution in [0.5, 0.6) is 0 Å². The Labute approximate surface area is 137 Å². The van der Waals surface area contributed by atoms with Gasteiger partial charge >= 0.3 is 5.97 Å². The van der Waals surface area contributed by atoms with Gasteiger partial charge in [-0.15, -0.1) is 0 Å². The summed E-state index contributed by atoms with van der Waals surface area (Å²) in [5.41, 5.74) is 0. The van der Waals surface area contributed by atoms with Crippen molar-refractivity contribution in [2.24, 2.45) is 11.8 Å². The number of hydrogen-bond donors (Lipinski definition) is 1. The lowest BCUT2D eigenvalue weighted by molar-refractivity contribution is -0.147. The lowest BCUT2D eigenvalue weighted by Gasteiger charge is -2.32. The van der Waals surface area contributed by atoms with Crippen molar-refractivity contribution in [3.8, 4) is 0 Å². The number of hydrogen-bond acceptors (Lipinski definition) is 4. The van der Waals surface area contributed by atoms with Gasteiger partial charge in [-0.05, 0) is 25.7 Å². The average Bonchev–Trinajstić information content (AvgIpc) is 2.79. The van der Waals surface area contributed by atoms with Crippen molar-refractivity contribution in [2.75, 3.05) is 20.2 Å². The molecule has 0 radical (unpaired) electrons. The van der Waals surface area contributed by atoms with Crippen molar-refractivity contribution in [1.82, 2.24) is 10.2 Å². The van der Waals surface area contributed by atoms with Crippen LogP contribution in [0.4, 0.5) is 0 Å². The molecular formula is C17H28N2O4. The van der Waals surface area contributed by atoms with E-state index in [0.717, 1.165) is 32.1 Å². The molecular weight excluding hydrogens is 296 g/mol. The van der Waals surface area contributed by atoms with Crippen LogP contribution in [-0.4, -0.2) is 48.9 Å². The molecule has 0 aromatic rings. The second-order valence-corrected chi connectivity index (χ2v) is 6.66. The zero-order valence-electron chi connectivity index (χ0n) is 14.2. The van der Waals surface area contributed by atoms with E-state index in [4.69, 9.17) is 4.74 Å². The number of nitrogens with zero attached hydrogens (tertiary/aromatic N) is 1. The molecule has 1 aliphatic carbocycles. The topological polar surface area (TPSA) is 75.7 Å². The van der Waals surface area contributed by atoms with Crippen LogP contribution in [0.15, 0.2) is 0 Å². The molecule has 2 aliphatic rings. The van der Waals surface area contributed by atoms with Crippen molar-refractivity contribution in [3.05, 3.63) is 0 Å². The van der Waals surface area contributed by atoms with E-state index < -0.39 is 0 Å². The van der Waals surface area contributed by atoms with Crippen molar-refractivity contribution in [2.45, 2.75) is 57.9 Å². The summed E-state index contributed by atoms with van der Waals surface area (Å²) in [5, 5.41) is 3.09. The standard InChI is InChI=1S/C17H28N2O4/c1-12(20)19-10-8-13(9-11-19)16(21)18-15-7-5-3-4-6-14(15)17(22)23-2/h13-15H,3-11H2,1-2H3,(H,18,21). The highest BCUT2D eigenvalue weighted by Crippen LogP contribution is 2.26. The molecule has 0 spiro atoms. The Balaban J connectivity index is 1.92. The van der Waals surface area contributed by atoms with Crippen LogP contribution in [-0.2, 0) is 19.1 Å². The van der Waals surface area contributed by atoms with E-state index in [2.05, 4.69) is 5.32 Å². The first-order valence-electron chi connectivity index (χ1n) is 8.66. The van der Waals surface area contributed by atoms with Gasteiger partial charge in [0.05, 0.1) is 13.0 Å². The number of methoxy groups -OCH3 is 1. The van der Waals surface area contributed by atoms with E-state index in [-0.39, 0.29) is 35.7 Å². The van der Waals surface area contributed by atoms with E-state index in [1.54, 1.807) is 11.8 Å². The smallest absolute Gasteiger partial charge is 0.310 e. The number of nitrogens with one attached hydrogen (secondary N) is 1. The van der Waals surface area contributed by atoms with Gasteiger partial charge in [0.2, 0.25) is 11.8 Å². The number of likely N-dealkylation sites (tertiary alicyclic amines) is 1. The molecule has 2 rings (SSSR count). The summed E-state index contributed by atoms with van der Waals surface area (Å²) in [7, 11) is 1.41. The second kappa shape index (κ2) is 8.31. The number of amides is 2. The maximum absolute atomic E-state index is 12.5. The minimum Gasteiger partial charge on any atom is -0.469 e. The molecule has 1 saturated carbocycles. The van der Waals surface area contributed by atoms with Gasteiger partial charge in [-0.3, -0.25) is 14.4 Å². The predicted molar refractivity (Wildman–Crippen MR) is 85.5 cm³/mol. The molecule has 2 fully saturated rings. The molecule has 1 heterocycles. The Bertz CT molecular complexity index is 444. The van der Waals surface area contributed by atoms with Gasteiger partial charge in [-0.25, -0.2) is 0 Å². The molecule has 1 saturated heterocycles. The van der Waals surface area contributed by atoms with Crippen molar-refractivity contribution in [3.63, 3.8) is 0 Å². The van der Waals surface area contributed by atoms with Gasteiger partial charge < -0.3 is 15.0 Å². The number of carbonyl (C=O) groups is 3. The van der Waals surface area contributed by atoms with Gasteiger partial charge in [0.1, 0.15) is 0 Å². The molecule has 6 nitrogen and oxygen atoms in total. The van der Waals surface area contributed by atoms with E-state index in [9.17, 15) is 14.4 Å². The molecule has 0 bridgehead atoms. The first-order chi connectivity index (χ1) is 11.0. The monoisotopic (exact) mass is 324 g/mol. The molecule has 23 heavy (non-hydrogen) atoms. The normalized spacial score (nSPS) is 26.3. The molecule has 130 valence electrons. The summed E-state index contributed by atoms with van der Waals surface area (Å²) >= 11 is 0. The average molecular weight is 324 g/mol. The largest absolute Gasteiger partial charge is 0.469 e. The zero-order chi connectivity index (χ0) is 16.8. The highest BCUT2D eigenvalue weighted by Gasteiger charge is 2.34. The minimum absolute atomic E-state index is 0.0222. The maximum Gasteiger partial charge on any atom is 0.310 e. The van der Waals surface area contributed by atoms with Gasteiger partial charge in [0.15, 0.2) is 0 Å². The lowest BCUT2D eigenvalue weighted by atomic mass is 9.91. The van der Waals surface area contributed by atoms with Crippen LogP contribution in [0, 0.1) is 11.8 Å². The van der Waals surface area contributed by atoms with Crippen molar-refractivity contribution < 1.29 is 19.1 Å². The molecule has 2 amide bonds. The van der Waals surface area contributed by atoms with Crippen LogP contribution >= 0.6 is 0 Å². The quantitative estimate of drug-likeness (QED) is 0.630. The molecule has 2 atom stereocenters. The Morgan fingerprint density at radius 2 is 1.65 bits per heavy atom. The first kappa shape index (κ1) is 17.8. The summed E-state index contributed by atoms with van der Waals surface area (Å²) in [6, 6.07) is -0.122. The van der Waals surface area contributed by atoms with E-state index in [1.807, 2.05) is 0 Å². The fourth-order valence-corrected chi connectivity index (χ4v) is 3.67. The van der Waals surface area contributed by atoms with Crippen LogP contribution < -0.4 is 5.32 Å². The fraction of sp³-hybridized carbons (Fsp3) is 0.824. The highest BCUT2D eigenvalue weighted by atomic mass is 16.5. The first-order valence-corrected chi connectivity index (χ1v) is 8.66. The minimum atomic E-state index is -0.233. The van der Waals surface area contributed by atoms with Gasteiger partial charge in [-0.2, -0.15) is 0 Å². The third kappa shape index (κ3) is 4.69. The Kier molecular flexibility index (Phi) is 6.42. The van der Waals surface area contributed by atoms with E-state index in [1.165, 1.54) is 7.11 Å². The van der Waals surface area contributed by atoms with Crippen LogP contribution in [0.25, 0.3) is 0 Å². The highest BCUT2D eigenvalue weighted by molar-refractivity contribution is 5.81. The summed E-state index contributed by atoms with van der Waals surface area (Å²) in [4.78, 5) is 37.7. The Morgan fingerprint density at radius 1 is 1.00 bits per heavy atom. The summed E-state index contributed by atoms with van der Waals surface area (Å²) in [6.45, 7) is 2.84. The third-order valence-electron chi connectivity index (χ3n) is 5.16. The summed E-state index contributed by atoms with van der Waals surface area (Å²) < 4.78 is 4.91. The van der Waals surface area contributed by atoms with Gasteiger partial charge in [-0.1, -0.05) is 19.3 Å². The molecule has 0 aromatic carbocycles. The van der Waals surface area contributed by atoms with Crippen LogP contribution in [0.3, 0.4) is 0 Å².